The van der Waals surface area contributed by atoms with Crippen LogP contribution in [0.2, 0.25) is 0 Å². The van der Waals surface area contributed by atoms with Gasteiger partial charge in [-0.2, -0.15) is 5.10 Å². The van der Waals surface area contributed by atoms with Gasteiger partial charge in [0.25, 0.3) is 0 Å². The van der Waals surface area contributed by atoms with E-state index in [1.54, 1.807) is 25.0 Å². The third-order valence-electron chi connectivity index (χ3n) is 2.21. The fourth-order valence-electron chi connectivity index (χ4n) is 1.32. The zero-order valence-corrected chi connectivity index (χ0v) is 10.2. The second-order valence-electron chi connectivity index (χ2n) is 3.30. The Bertz CT molecular complexity index is 282. The van der Waals surface area contributed by atoms with Crippen molar-refractivity contribution in [2.45, 2.75) is 25.6 Å². The van der Waals surface area contributed by atoms with Crippen LogP contribution in [0.4, 0.5) is 0 Å². The number of aliphatic hydroxyl groups is 1. The van der Waals surface area contributed by atoms with Crippen molar-refractivity contribution in [1.82, 2.24) is 9.78 Å². The molecule has 0 aliphatic rings. The van der Waals surface area contributed by atoms with E-state index in [9.17, 15) is 5.11 Å². The van der Waals surface area contributed by atoms with Crippen molar-refractivity contribution >= 4 is 15.9 Å². The van der Waals surface area contributed by atoms with E-state index in [0.29, 0.717) is 6.42 Å². The predicted octanol–water partition coefficient (Wildman–Crippen LogP) is 1.64. The van der Waals surface area contributed by atoms with E-state index in [4.69, 9.17) is 4.74 Å². The molecule has 0 aliphatic carbocycles. The summed E-state index contributed by atoms with van der Waals surface area (Å²) >= 11 is 3.35. The van der Waals surface area contributed by atoms with Gasteiger partial charge < -0.3 is 9.84 Å². The minimum atomic E-state index is -0.549. The van der Waals surface area contributed by atoms with Gasteiger partial charge in [0.05, 0.1) is 28.6 Å². The molecule has 0 fully saturated rings. The first-order valence-electron chi connectivity index (χ1n) is 4.44. The Morgan fingerprint density at radius 1 is 1.71 bits per heavy atom. The van der Waals surface area contributed by atoms with Gasteiger partial charge in [-0.1, -0.05) is 0 Å². The Balaban J connectivity index is 2.73. The van der Waals surface area contributed by atoms with E-state index in [1.807, 2.05) is 6.92 Å². The quantitative estimate of drug-likeness (QED) is 0.898. The Morgan fingerprint density at radius 3 is 2.79 bits per heavy atom. The molecule has 2 unspecified atom stereocenters. The van der Waals surface area contributed by atoms with Crippen LogP contribution in [-0.4, -0.2) is 28.1 Å². The molecule has 0 saturated carbocycles. The Morgan fingerprint density at radius 2 is 2.36 bits per heavy atom. The van der Waals surface area contributed by atoms with E-state index in [1.165, 1.54) is 0 Å². The predicted molar refractivity (Wildman–Crippen MR) is 57.0 cm³/mol. The molecule has 1 aromatic rings. The van der Waals surface area contributed by atoms with Gasteiger partial charge in [-0.15, -0.1) is 0 Å². The van der Waals surface area contributed by atoms with E-state index in [2.05, 4.69) is 21.0 Å². The average Bonchev–Trinajstić information content (AvgIpc) is 2.46. The summed E-state index contributed by atoms with van der Waals surface area (Å²) in [6, 6.07) is 0. The second-order valence-corrected chi connectivity index (χ2v) is 4.15. The zero-order chi connectivity index (χ0) is 10.7. The first-order chi connectivity index (χ1) is 6.56. The largest absolute Gasteiger partial charge is 0.387 e. The summed E-state index contributed by atoms with van der Waals surface area (Å²) in [7, 11) is 3.44. The summed E-state index contributed by atoms with van der Waals surface area (Å²) in [5.41, 5.74) is 0.786. The molecule has 0 aliphatic heterocycles. The fourth-order valence-corrected chi connectivity index (χ4v) is 1.93. The Hall–Kier alpha value is -0.390. The summed E-state index contributed by atoms with van der Waals surface area (Å²) in [5, 5.41) is 13.9. The lowest BCUT2D eigenvalue weighted by molar-refractivity contribution is 0.0525. The number of nitrogens with zero attached hydrogens (tertiary/aromatic N) is 2. The number of halogens is 1. The summed E-state index contributed by atoms with van der Waals surface area (Å²) in [6.45, 7) is 1.92. The molecule has 0 aromatic carbocycles. The minimum absolute atomic E-state index is 0.0341. The molecule has 1 aromatic heterocycles. The third kappa shape index (κ3) is 2.56. The number of ether oxygens (including phenoxy) is 1. The maximum atomic E-state index is 9.90. The molecule has 0 amide bonds. The highest BCUT2D eigenvalue weighted by Crippen LogP contribution is 2.26. The monoisotopic (exact) mass is 262 g/mol. The molecule has 0 spiro atoms. The molecule has 5 heteroatoms. The van der Waals surface area contributed by atoms with E-state index < -0.39 is 6.10 Å². The topological polar surface area (TPSA) is 47.3 Å². The summed E-state index contributed by atoms with van der Waals surface area (Å²) in [4.78, 5) is 0. The maximum Gasteiger partial charge on any atom is 0.0992 e. The van der Waals surface area contributed by atoms with Crippen LogP contribution in [0.15, 0.2) is 10.7 Å². The van der Waals surface area contributed by atoms with E-state index in [0.717, 1.165) is 10.2 Å². The van der Waals surface area contributed by atoms with Gasteiger partial charge in [0.1, 0.15) is 0 Å². The van der Waals surface area contributed by atoms with Crippen LogP contribution in [0.1, 0.15) is 25.1 Å². The normalized spacial score (nSPS) is 15.5. The van der Waals surface area contributed by atoms with Crippen molar-refractivity contribution in [1.29, 1.82) is 0 Å². The van der Waals surface area contributed by atoms with Crippen LogP contribution < -0.4 is 0 Å². The molecular weight excluding hydrogens is 248 g/mol. The molecule has 1 rings (SSSR count). The number of aryl methyl sites for hydroxylation is 1. The van der Waals surface area contributed by atoms with Gasteiger partial charge in [0.2, 0.25) is 0 Å². The molecule has 1 N–H and O–H groups in total. The number of aliphatic hydroxyl groups excluding tert-OH is 1. The second kappa shape index (κ2) is 4.91. The lowest BCUT2D eigenvalue weighted by Gasteiger charge is -2.15. The maximum absolute atomic E-state index is 9.90. The lowest BCUT2D eigenvalue weighted by Crippen LogP contribution is -2.14. The molecule has 0 saturated heterocycles. The highest BCUT2D eigenvalue weighted by atomic mass is 79.9. The van der Waals surface area contributed by atoms with Crippen LogP contribution in [0.5, 0.6) is 0 Å². The molecular formula is C9H15BrN2O2. The Labute approximate surface area is 92.0 Å². The van der Waals surface area contributed by atoms with Crippen LogP contribution >= 0.6 is 15.9 Å². The van der Waals surface area contributed by atoms with Crippen molar-refractivity contribution in [3.63, 3.8) is 0 Å². The number of aromatic nitrogens is 2. The van der Waals surface area contributed by atoms with Crippen LogP contribution in [0.3, 0.4) is 0 Å². The zero-order valence-electron chi connectivity index (χ0n) is 8.57. The van der Waals surface area contributed by atoms with Gasteiger partial charge in [-0.05, 0) is 22.9 Å². The first kappa shape index (κ1) is 11.7. The summed E-state index contributed by atoms with van der Waals surface area (Å²) < 4.78 is 7.59. The smallest absolute Gasteiger partial charge is 0.0992 e. The van der Waals surface area contributed by atoms with Crippen LogP contribution in [-0.2, 0) is 11.8 Å². The van der Waals surface area contributed by atoms with Crippen molar-refractivity contribution < 1.29 is 9.84 Å². The standard InChI is InChI=1S/C9H15BrN2O2/c1-6(14-3)4-8(13)9-7(10)5-11-12(9)2/h5-6,8,13H,4H2,1-3H3. The number of rotatable bonds is 4. The highest BCUT2D eigenvalue weighted by molar-refractivity contribution is 9.10. The number of hydrogen-bond acceptors (Lipinski definition) is 3. The molecule has 1 heterocycles. The first-order valence-corrected chi connectivity index (χ1v) is 5.23. The van der Waals surface area contributed by atoms with Gasteiger partial charge in [-0.25, -0.2) is 0 Å². The molecule has 0 radical (unpaired) electrons. The third-order valence-corrected chi connectivity index (χ3v) is 2.82. The van der Waals surface area contributed by atoms with Gasteiger partial charge >= 0.3 is 0 Å². The molecule has 4 nitrogen and oxygen atoms in total. The molecule has 2 atom stereocenters. The summed E-state index contributed by atoms with van der Waals surface area (Å²) in [5.74, 6) is 0. The molecule has 80 valence electrons. The average molecular weight is 263 g/mol. The SMILES string of the molecule is COC(C)CC(O)c1c(Br)cnn1C. The Kier molecular flexibility index (Phi) is 4.10. The van der Waals surface area contributed by atoms with E-state index in [-0.39, 0.29) is 6.10 Å². The fraction of sp³-hybridized carbons (Fsp3) is 0.667. The number of hydrogen-bond donors (Lipinski definition) is 1. The van der Waals surface area contributed by atoms with E-state index >= 15 is 0 Å². The summed E-state index contributed by atoms with van der Waals surface area (Å²) in [6.07, 6.45) is 1.73. The number of methoxy groups -OCH3 is 1. The van der Waals surface area contributed by atoms with Crippen LogP contribution in [0, 0.1) is 0 Å². The van der Waals surface area contributed by atoms with Crippen molar-refractivity contribution in [2.75, 3.05) is 7.11 Å². The van der Waals surface area contributed by atoms with Gasteiger partial charge in [0.15, 0.2) is 0 Å². The highest BCUT2D eigenvalue weighted by Gasteiger charge is 2.18. The van der Waals surface area contributed by atoms with Crippen LogP contribution in [0.25, 0.3) is 0 Å². The van der Waals surface area contributed by atoms with Crippen molar-refractivity contribution in [3.05, 3.63) is 16.4 Å². The van der Waals surface area contributed by atoms with Crippen molar-refractivity contribution in [2.24, 2.45) is 7.05 Å². The van der Waals surface area contributed by atoms with Gasteiger partial charge in [0, 0.05) is 20.6 Å². The van der Waals surface area contributed by atoms with Crippen molar-refractivity contribution in [3.8, 4) is 0 Å². The van der Waals surface area contributed by atoms with Gasteiger partial charge in [-0.3, -0.25) is 4.68 Å². The minimum Gasteiger partial charge on any atom is -0.387 e. The molecule has 0 bridgehead atoms. The molecule has 14 heavy (non-hydrogen) atoms. The lowest BCUT2D eigenvalue weighted by atomic mass is 10.1.